The Morgan fingerprint density at radius 2 is 1.79 bits per heavy atom. The summed E-state index contributed by atoms with van der Waals surface area (Å²) in [4.78, 5) is 4.44. The zero-order valence-electron chi connectivity index (χ0n) is 15.4. The third kappa shape index (κ3) is 5.27. The molecule has 0 saturated heterocycles. The van der Waals surface area contributed by atoms with E-state index < -0.39 is 0 Å². The molecule has 28 heavy (non-hydrogen) atoms. The minimum absolute atomic E-state index is 0.0833. The van der Waals surface area contributed by atoms with E-state index in [4.69, 9.17) is 23.7 Å². The number of rotatable bonds is 5. The first kappa shape index (κ1) is 19.3. The second kappa shape index (κ2) is 8.96. The van der Waals surface area contributed by atoms with E-state index in [9.17, 15) is 0 Å². The monoisotopic (exact) mass is 394 g/mol. The number of hydrogen-bond donors (Lipinski definition) is 5. The summed E-state index contributed by atoms with van der Waals surface area (Å²) >= 11 is 5.44. The van der Waals surface area contributed by atoms with Crippen molar-refractivity contribution in [1.82, 2.24) is 5.32 Å². The molecule has 0 radical (unpaired) electrons. The molecule has 144 valence electrons. The van der Waals surface area contributed by atoms with Crippen LogP contribution in [0.4, 0.5) is 11.4 Å². The quantitative estimate of drug-likeness (QED) is 0.228. The number of guanidine groups is 1. The predicted octanol–water partition coefficient (Wildman–Crippen LogP) is 1.84. The molecule has 0 fully saturated rings. The van der Waals surface area contributed by atoms with Crippen molar-refractivity contribution in [1.29, 1.82) is 0 Å². The summed E-state index contributed by atoms with van der Waals surface area (Å²) in [5, 5.41) is 17.8. The molecular weight excluding hydrogens is 372 g/mol. The number of aliphatic imine (C=N–C) groups is 1. The normalized spacial score (nSPS) is 13.3. The molecule has 0 atom stereocenters. The highest BCUT2D eigenvalue weighted by molar-refractivity contribution is 7.80. The van der Waals surface area contributed by atoms with Gasteiger partial charge in [-0.3, -0.25) is 4.99 Å². The molecule has 0 aliphatic carbocycles. The van der Waals surface area contributed by atoms with Crippen LogP contribution in [0.1, 0.15) is 18.1 Å². The predicted molar refractivity (Wildman–Crippen MR) is 120 cm³/mol. The first-order valence-electron chi connectivity index (χ1n) is 8.71. The van der Waals surface area contributed by atoms with Gasteiger partial charge in [0.2, 0.25) is 5.96 Å². The largest absolute Gasteiger partial charge is 0.369 e. The molecule has 1 aliphatic heterocycles. The first-order chi connectivity index (χ1) is 13.5. The van der Waals surface area contributed by atoms with Crippen LogP contribution in [-0.2, 0) is 0 Å². The molecule has 0 saturated carbocycles. The van der Waals surface area contributed by atoms with Gasteiger partial charge in [-0.15, -0.1) is 5.10 Å². The van der Waals surface area contributed by atoms with Gasteiger partial charge in [0.25, 0.3) is 0 Å². The van der Waals surface area contributed by atoms with Gasteiger partial charge in [-0.1, -0.05) is 24.3 Å². The van der Waals surface area contributed by atoms with Crippen molar-refractivity contribution in [2.45, 2.75) is 6.92 Å². The average Bonchev–Trinajstić information content (AvgIpc) is 3.21. The van der Waals surface area contributed by atoms with Gasteiger partial charge in [0.1, 0.15) is 5.84 Å². The van der Waals surface area contributed by atoms with Crippen molar-refractivity contribution in [3.8, 4) is 0 Å². The number of benzene rings is 2. The van der Waals surface area contributed by atoms with E-state index in [-0.39, 0.29) is 5.96 Å². The lowest BCUT2D eigenvalue weighted by atomic mass is 10.1. The van der Waals surface area contributed by atoms with Crippen LogP contribution in [0.25, 0.3) is 0 Å². The molecular formula is C19H22N8S. The van der Waals surface area contributed by atoms with Crippen molar-refractivity contribution in [3.05, 3.63) is 59.7 Å². The van der Waals surface area contributed by atoms with Crippen molar-refractivity contribution in [2.24, 2.45) is 26.7 Å². The molecule has 0 unspecified atom stereocenters. The van der Waals surface area contributed by atoms with Gasteiger partial charge in [-0.05, 0) is 49.0 Å². The zero-order chi connectivity index (χ0) is 19.9. The summed E-state index contributed by atoms with van der Waals surface area (Å²) < 4.78 is 0. The lowest BCUT2D eigenvalue weighted by Gasteiger charge is -2.12. The smallest absolute Gasteiger partial charge is 0.211 e. The zero-order valence-corrected chi connectivity index (χ0v) is 16.3. The maximum absolute atomic E-state index is 5.44. The van der Waals surface area contributed by atoms with Crippen LogP contribution >= 0.6 is 12.2 Å². The van der Waals surface area contributed by atoms with Crippen molar-refractivity contribution < 1.29 is 0 Å². The Morgan fingerprint density at radius 1 is 1.07 bits per heavy atom. The second-order valence-electron chi connectivity index (χ2n) is 6.11. The van der Waals surface area contributed by atoms with E-state index in [2.05, 4.69) is 31.1 Å². The SMILES string of the molecule is C/C(=N/N=C(N)N)c1cccc(NC(=S)Nc2cccc(C3=NCCN3)c2)c1. The molecule has 0 spiro atoms. The van der Waals surface area contributed by atoms with Crippen LogP contribution in [0.3, 0.4) is 0 Å². The summed E-state index contributed by atoms with van der Waals surface area (Å²) in [7, 11) is 0. The first-order valence-corrected chi connectivity index (χ1v) is 9.12. The Morgan fingerprint density at radius 3 is 2.46 bits per heavy atom. The topological polar surface area (TPSA) is 125 Å². The molecule has 1 heterocycles. The fourth-order valence-corrected chi connectivity index (χ4v) is 2.88. The van der Waals surface area contributed by atoms with E-state index in [0.717, 1.165) is 41.4 Å². The van der Waals surface area contributed by atoms with Gasteiger partial charge in [0.15, 0.2) is 5.11 Å². The Labute approximate surface area is 168 Å². The number of nitrogens with one attached hydrogen (secondary N) is 3. The summed E-state index contributed by atoms with van der Waals surface area (Å²) in [5.41, 5.74) is 14.9. The Hall–Kier alpha value is -3.46. The fraction of sp³-hybridized carbons (Fsp3) is 0.158. The molecule has 2 aromatic rings. The summed E-state index contributed by atoms with van der Waals surface area (Å²) in [6, 6.07) is 15.6. The van der Waals surface area contributed by atoms with Gasteiger partial charge in [0.05, 0.1) is 12.3 Å². The van der Waals surface area contributed by atoms with E-state index in [1.54, 1.807) is 0 Å². The van der Waals surface area contributed by atoms with Crippen LogP contribution in [0.5, 0.6) is 0 Å². The van der Waals surface area contributed by atoms with Gasteiger partial charge in [-0.25, -0.2) is 0 Å². The number of nitrogens with two attached hydrogens (primary N) is 2. The fourth-order valence-electron chi connectivity index (χ4n) is 2.64. The maximum Gasteiger partial charge on any atom is 0.211 e. The Bertz CT molecular complexity index is 960. The third-order valence-corrected chi connectivity index (χ3v) is 4.13. The lowest BCUT2D eigenvalue weighted by molar-refractivity contribution is 0.960. The molecule has 0 amide bonds. The molecule has 0 aromatic heterocycles. The van der Waals surface area contributed by atoms with Crippen LogP contribution < -0.4 is 27.4 Å². The van der Waals surface area contributed by atoms with Crippen molar-refractivity contribution in [3.63, 3.8) is 0 Å². The van der Waals surface area contributed by atoms with Crippen LogP contribution in [0, 0.1) is 0 Å². The number of hydrogen-bond acceptors (Lipinski definition) is 5. The minimum atomic E-state index is -0.0833. The molecule has 8 nitrogen and oxygen atoms in total. The number of nitrogens with zero attached hydrogens (tertiary/aromatic N) is 3. The van der Waals surface area contributed by atoms with Gasteiger partial charge < -0.3 is 27.4 Å². The highest BCUT2D eigenvalue weighted by Crippen LogP contribution is 2.15. The molecule has 9 heteroatoms. The maximum atomic E-state index is 5.44. The minimum Gasteiger partial charge on any atom is -0.369 e. The van der Waals surface area contributed by atoms with Crippen molar-refractivity contribution >= 4 is 46.2 Å². The number of anilines is 2. The summed E-state index contributed by atoms with van der Waals surface area (Å²) in [6.45, 7) is 3.50. The van der Waals surface area contributed by atoms with Gasteiger partial charge in [-0.2, -0.15) is 5.10 Å². The third-order valence-electron chi connectivity index (χ3n) is 3.92. The molecule has 0 bridgehead atoms. The number of amidine groups is 1. The van der Waals surface area contributed by atoms with E-state index in [1.807, 2.05) is 55.5 Å². The summed E-state index contributed by atoms with van der Waals surface area (Å²) in [5.74, 6) is 0.825. The van der Waals surface area contributed by atoms with E-state index in [0.29, 0.717) is 10.8 Å². The van der Waals surface area contributed by atoms with Crippen molar-refractivity contribution in [2.75, 3.05) is 23.7 Å². The molecule has 3 rings (SSSR count). The van der Waals surface area contributed by atoms with Gasteiger partial charge >= 0.3 is 0 Å². The highest BCUT2D eigenvalue weighted by Gasteiger charge is 2.09. The average molecular weight is 395 g/mol. The van der Waals surface area contributed by atoms with Crippen LogP contribution in [0.2, 0.25) is 0 Å². The lowest BCUT2D eigenvalue weighted by Crippen LogP contribution is -2.22. The molecule has 2 aromatic carbocycles. The van der Waals surface area contributed by atoms with Crippen LogP contribution in [-0.4, -0.2) is 35.7 Å². The highest BCUT2D eigenvalue weighted by atomic mass is 32.1. The van der Waals surface area contributed by atoms with Gasteiger partial charge in [0, 0.05) is 23.5 Å². The van der Waals surface area contributed by atoms with E-state index in [1.165, 1.54) is 0 Å². The molecule has 1 aliphatic rings. The molecule has 7 N–H and O–H groups in total. The summed E-state index contributed by atoms with van der Waals surface area (Å²) in [6.07, 6.45) is 0. The Kier molecular flexibility index (Phi) is 6.18. The standard InChI is InChI=1S/C19H22N8S/c1-12(26-27-18(20)21)13-4-2-6-15(10-13)24-19(28)25-16-7-3-5-14(11-16)17-22-8-9-23-17/h2-7,10-11H,8-9H2,1H3,(H,22,23)(H4,20,21,27)(H2,24,25,28)/b26-12-. The van der Waals surface area contributed by atoms with Crippen LogP contribution in [0.15, 0.2) is 63.7 Å². The van der Waals surface area contributed by atoms with E-state index >= 15 is 0 Å². The Balaban J connectivity index is 1.67. The number of thiocarbonyl (C=S) groups is 1. The second-order valence-corrected chi connectivity index (χ2v) is 6.52.